The first-order valence-corrected chi connectivity index (χ1v) is 5.92. The average molecular weight is 259 g/mol. The molecule has 102 valence electrons. The number of nitrogens with one attached hydrogen (secondary N) is 1. The first kappa shape index (κ1) is 15.0. The van der Waals surface area contributed by atoms with Crippen LogP contribution >= 0.6 is 0 Å². The molecule has 1 unspecified atom stereocenters. The van der Waals surface area contributed by atoms with Gasteiger partial charge in [0.05, 0.1) is 18.8 Å². The standard InChI is InChI=1S/C13H19F2NO2/c1-3-13(7-17,8-18)16-9(2)11-5-4-10(14)6-12(11)15/h4-6,9,16-18H,3,7-8H2,1-2H3. The van der Waals surface area contributed by atoms with E-state index in [0.717, 1.165) is 6.07 Å². The molecule has 0 saturated carbocycles. The number of halogens is 2. The van der Waals surface area contributed by atoms with Crippen LogP contribution in [0.25, 0.3) is 0 Å². The van der Waals surface area contributed by atoms with Crippen molar-refractivity contribution in [2.45, 2.75) is 31.8 Å². The van der Waals surface area contributed by atoms with Gasteiger partial charge in [-0.05, 0) is 19.4 Å². The highest BCUT2D eigenvalue weighted by Crippen LogP contribution is 2.21. The van der Waals surface area contributed by atoms with Gasteiger partial charge in [0.1, 0.15) is 11.6 Å². The molecular formula is C13H19F2NO2. The lowest BCUT2D eigenvalue weighted by Crippen LogP contribution is -2.52. The van der Waals surface area contributed by atoms with Crippen LogP contribution in [0.3, 0.4) is 0 Å². The lowest BCUT2D eigenvalue weighted by Gasteiger charge is -2.33. The van der Waals surface area contributed by atoms with Crippen molar-refractivity contribution in [2.24, 2.45) is 0 Å². The molecule has 0 spiro atoms. The molecule has 1 aromatic rings. The molecule has 0 heterocycles. The second kappa shape index (κ2) is 6.22. The molecule has 1 aromatic carbocycles. The summed E-state index contributed by atoms with van der Waals surface area (Å²) in [5.41, 5.74) is -0.559. The Morgan fingerprint density at radius 3 is 2.33 bits per heavy atom. The number of benzene rings is 1. The lowest BCUT2D eigenvalue weighted by atomic mass is 9.95. The van der Waals surface area contributed by atoms with Gasteiger partial charge in [-0.15, -0.1) is 0 Å². The summed E-state index contributed by atoms with van der Waals surface area (Å²) in [5.74, 6) is -1.27. The Labute approximate surface area is 105 Å². The number of hydrogen-bond donors (Lipinski definition) is 3. The zero-order valence-electron chi connectivity index (χ0n) is 10.6. The van der Waals surface area contributed by atoms with Crippen molar-refractivity contribution in [1.82, 2.24) is 5.32 Å². The zero-order chi connectivity index (χ0) is 13.8. The fourth-order valence-corrected chi connectivity index (χ4v) is 1.86. The molecule has 0 saturated heterocycles. The quantitative estimate of drug-likeness (QED) is 0.729. The van der Waals surface area contributed by atoms with Crippen molar-refractivity contribution in [3.63, 3.8) is 0 Å². The number of hydrogen-bond acceptors (Lipinski definition) is 3. The minimum absolute atomic E-state index is 0.257. The monoisotopic (exact) mass is 259 g/mol. The molecule has 0 fully saturated rings. The Morgan fingerprint density at radius 2 is 1.89 bits per heavy atom. The fourth-order valence-electron chi connectivity index (χ4n) is 1.86. The lowest BCUT2D eigenvalue weighted by molar-refractivity contribution is 0.0789. The van der Waals surface area contributed by atoms with Crippen molar-refractivity contribution in [1.29, 1.82) is 0 Å². The van der Waals surface area contributed by atoms with Crippen molar-refractivity contribution < 1.29 is 19.0 Å². The second-order valence-electron chi connectivity index (χ2n) is 4.48. The maximum Gasteiger partial charge on any atom is 0.130 e. The van der Waals surface area contributed by atoms with Gasteiger partial charge in [0.15, 0.2) is 0 Å². The van der Waals surface area contributed by atoms with E-state index < -0.39 is 23.2 Å². The van der Waals surface area contributed by atoms with Crippen LogP contribution in [-0.4, -0.2) is 29.0 Å². The molecule has 18 heavy (non-hydrogen) atoms. The summed E-state index contributed by atoms with van der Waals surface area (Å²) in [6.45, 7) is 3.00. The molecule has 1 rings (SSSR count). The van der Waals surface area contributed by atoms with Gasteiger partial charge in [-0.3, -0.25) is 0 Å². The Balaban J connectivity index is 2.90. The van der Waals surface area contributed by atoms with Crippen LogP contribution in [0.5, 0.6) is 0 Å². The molecule has 0 amide bonds. The number of aliphatic hydroxyl groups excluding tert-OH is 2. The highest BCUT2D eigenvalue weighted by atomic mass is 19.1. The number of aliphatic hydroxyl groups is 2. The molecule has 0 aliphatic rings. The topological polar surface area (TPSA) is 52.5 Å². The summed E-state index contributed by atoms with van der Waals surface area (Å²) in [5, 5.41) is 21.6. The van der Waals surface area contributed by atoms with E-state index in [4.69, 9.17) is 0 Å². The molecule has 0 radical (unpaired) electrons. The van der Waals surface area contributed by atoms with Crippen LogP contribution in [0.4, 0.5) is 8.78 Å². The second-order valence-corrected chi connectivity index (χ2v) is 4.48. The van der Waals surface area contributed by atoms with Crippen molar-refractivity contribution >= 4 is 0 Å². The van der Waals surface area contributed by atoms with E-state index in [-0.39, 0.29) is 13.2 Å². The molecular weight excluding hydrogens is 240 g/mol. The molecule has 3 N–H and O–H groups in total. The summed E-state index contributed by atoms with van der Waals surface area (Å²) >= 11 is 0. The van der Waals surface area contributed by atoms with Gasteiger partial charge in [-0.1, -0.05) is 13.0 Å². The minimum Gasteiger partial charge on any atom is -0.394 e. The summed E-state index contributed by atoms with van der Waals surface area (Å²) in [4.78, 5) is 0. The van der Waals surface area contributed by atoms with E-state index in [0.29, 0.717) is 12.0 Å². The van der Waals surface area contributed by atoms with E-state index in [1.54, 1.807) is 6.92 Å². The first-order chi connectivity index (χ1) is 8.48. The van der Waals surface area contributed by atoms with E-state index >= 15 is 0 Å². The predicted molar refractivity (Wildman–Crippen MR) is 65.1 cm³/mol. The Hall–Kier alpha value is -1.04. The summed E-state index contributed by atoms with van der Waals surface area (Å²) in [6.07, 6.45) is 0.493. The Bertz CT molecular complexity index is 386. The molecule has 3 nitrogen and oxygen atoms in total. The average Bonchev–Trinajstić information content (AvgIpc) is 2.36. The van der Waals surface area contributed by atoms with Gasteiger partial charge in [0.25, 0.3) is 0 Å². The summed E-state index contributed by atoms with van der Waals surface area (Å²) in [7, 11) is 0. The molecule has 5 heteroatoms. The number of rotatable bonds is 6. The zero-order valence-corrected chi connectivity index (χ0v) is 10.6. The predicted octanol–water partition coefficient (Wildman–Crippen LogP) is 1.75. The molecule has 0 aliphatic carbocycles. The van der Waals surface area contributed by atoms with Crippen molar-refractivity contribution in [2.75, 3.05) is 13.2 Å². The Kier molecular flexibility index (Phi) is 5.19. The SMILES string of the molecule is CCC(CO)(CO)NC(C)c1ccc(F)cc1F. The maximum absolute atomic E-state index is 13.6. The highest BCUT2D eigenvalue weighted by molar-refractivity contribution is 5.22. The van der Waals surface area contributed by atoms with E-state index in [1.807, 2.05) is 6.92 Å². The van der Waals surface area contributed by atoms with Crippen LogP contribution in [-0.2, 0) is 0 Å². The molecule has 0 bridgehead atoms. The third-order valence-corrected chi connectivity index (χ3v) is 3.23. The largest absolute Gasteiger partial charge is 0.394 e. The van der Waals surface area contributed by atoms with Crippen LogP contribution in [0.2, 0.25) is 0 Å². The smallest absolute Gasteiger partial charge is 0.130 e. The van der Waals surface area contributed by atoms with Crippen LogP contribution in [0, 0.1) is 11.6 Å². The summed E-state index contributed by atoms with van der Waals surface area (Å²) in [6, 6.07) is 2.92. The van der Waals surface area contributed by atoms with E-state index in [2.05, 4.69) is 5.32 Å². The third-order valence-electron chi connectivity index (χ3n) is 3.23. The van der Waals surface area contributed by atoms with Gasteiger partial charge < -0.3 is 15.5 Å². The Morgan fingerprint density at radius 1 is 1.28 bits per heavy atom. The van der Waals surface area contributed by atoms with Crippen LogP contribution < -0.4 is 5.32 Å². The third kappa shape index (κ3) is 3.25. The molecule has 1 atom stereocenters. The van der Waals surface area contributed by atoms with Gasteiger partial charge in [0, 0.05) is 17.7 Å². The fraction of sp³-hybridized carbons (Fsp3) is 0.538. The normalized spacial score (nSPS) is 13.7. The van der Waals surface area contributed by atoms with Crippen LogP contribution in [0.1, 0.15) is 31.9 Å². The van der Waals surface area contributed by atoms with Crippen molar-refractivity contribution in [3.8, 4) is 0 Å². The van der Waals surface area contributed by atoms with Gasteiger partial charge in [0.2, 0.25) is 0 Å². The van der Waals surface area contributed by atoms with E-state index in [9.17, 15) is 19.0 Å². The van der Waals surface area contributed by atoms with Crippen LogP contribution in [0.15, 0.2) is 18.2 Å². The summed E-state index contributed by atoms with van der Waals surface area (Å²) < 4.78 is 26.4. The minimum atomic E-state index is -0.861. The molecule has 0 aromatic heterocycles. The van der Waals surface area contributed by atoms with Gasteiger partial charge in [-0.2, -0.15) is 0 Å². The van der Waals surface area contributed by atoms with Gasteiger partial charge in [-0.25, -0.2) is 8.78 Å². The van der Waals surface area contributed by atoms with Gasteiger partial charge >= 0.3 is 0 Å². The van der Waals surface area contributed by atoms with Crippen molar-refractivity contribution in [3.05, 3.63) is 35.4 Å². The maximum atomic E-state index is 13.6. The highest BCUT2D eigenvalue weighted by Gasteiger charge is 2.29. The first-order valence-electron chi connectivity index (χ1n) is 5.92. The van der Waals surface area contributed by atoms with E-state index in [1.165, 1.54) is 12.1 Å². The molecule has 0 aliphatic heterocycles.